The van der Waals surface area contributed by atoms with Crippen LogP contribution in [0.1, 0.15) is 26.5 Å². The van der Waals surface area contributed by atoms with E-state index >= 15 is 0 Å². The Morgan fingerprint density at radius 2 is 1.64 bits per heavy atom. The van der Waals surface area contributed by atoms with Crippen molar-refractivity contribution in [2.45, 2.75) is 0 Å². The highest BCUT2D eigenvalue weighted by Crippen LogP contribution is 2.36. The number of nitrogens with one attached hydrogen (secondary N) is 1. The van der Waals surface area contributed by atoms with Crippen LogP contribution in [0.25, 0.3) is 11.0 Å². The summed E-state index contributed by atoms with van der Waals surface area (Å²) in [5.74, 6) is -0.0801. The molecule has 0 aliphatic rings. The van der Waals surface area contributed by atoms with Crippen molar-refractivity contribution >= 4 is 67.5 Å². The first-order valence-electron chi connectivity index (χ1n) is 9.58. The third-order valence-corrected chi connectivity index (χ3v) is 6.10. The molecule has 0 unspecified atom stereocenters. The van der Waals surface area contributed by atoms with Crippen LogP contribution in [0.3, 0.4) is 0 Å². The standard InChI is InChI=1S/C24H16BrCl2NO5/c1-31-19-8-7-12(9-15(19)25)21(29)23-20(14-5-3-4-6-18(14)33-23)28-24(30)13-10-16(26)22(32-2)17(27)11-13/h3-11H,1-2H3,(H,28,30). The largest absolute Gasteiger partial charge is 0.496 e. The SMILES string of the molecule is COc1ccc(C(=O)c2oc3ccccc3c2NC(=O)c2cc(Cl)c(OC)c(Cl)c2)cc1Br. The summed E-state index contributed by atoms with van der Waals surface area (Å²) < 4.78 is 16.8. The third kappa shape index (κ3) is 4.44. The predicted octanol–water partition coefficient (Wildman–Crippen LogP) is 7.00. The van der Waals surface area contributed by atoms with E-state index in [-0.39, 0.29) is 32.8 Å². The molecule has 0 aliphatic heterocycles. The van der Waals surface area contributed by atoms with Gasteiger partial charge in [0.15, 0.2) is 11.5 Å². The first-order chi connectivity index (χ1) is 15.8. The Kier molecular flexibility index (Phi) is 6.65. The van der Waals surface area contributed by atoms with E-state index in [2.05, 4.69) is 21.2 Å². The summed E-state index contributed by atoms with van der Waals surface area (Å²) in [6.07, 6.45) is 0. The molecule has 1 amide bonds. The summed E-state index contributed by atoms with van der Waals surface area (Å²) in [6.45, 7) is 0. The van der Waals surface area contributed by atoms with Gasteiger partial charge in [-0.1, -0.05) is 35.3 Å². The highest BCUT2D eigenvalue weighted by Gasteiger charge is 2.25. The number of furan rings is 1. The van der Waals surface area contributed by atoms with Crippen LogP contribution < -0.4 is 14.8 Å². The molecule has 4 aromatic rings. The molecule has 0 fully saturated rings. The monoisotopic (exact) mass is 547 g/mol. The number of fused-ring (bicyclic) bond motifs is 1. The molecule has 33 heavy (non-hydrogen) atoms. The Bertz CT molecular complexity index is 1380. The zero-order valence-electron chi connectivity index (χ0n) is 17.4. The Hall–Kier alpha value is -3.00. The van der Waals surface area contributed by atoms with Crippen LogP contribution in [-0.2, 0) is 0 Å². The van der Waals surface area contributed by atoms with Gasteiger partial charge in [-0.3, -0.25) is 9.59 Å². The molecule has 0 bridgehead atoms. The summed E-state index contributed by atoms with van der Waals surface area (Å²) in [5, 5.41) is 3.73. The number of hydrogen-bond acceptors (Lipinski definition) is 5. The van der Waals surface area contributed by atoms with Crippen molar-refractivity contribution < 1.29 is 23.5 Å². The van der Waals surface area contributed by atoms with E-state index < -0.39 is 11.7 Å². The molecule has 0 radical (unpaired) electrons. The molecule has 0 atom stereocenters. The molecule has 1 heterocycles. The minimum Gasteiger partial charge on any atom is -0.496 e. The van der Waals surface area contributed by atoms with E-state index in [1.54, 1.807) is 42.5 Å². The Morgan fingerprint density at radius 1 is 0.939 bits per heavy atom. The molecular formula is C24H16BrCl2NO5. The smallest absolute Gasteiger partial charge is 0.255 e. The summed E-state index contributed by atoms with van der Waals surface area (Å²) in [4.78, 5) is 26.4. The number of methoxy groups -OCH3 is 2. The second-order valence-corrected chi connectivity index (χ2v) is 8.58. The van der Waals surface area contributed by atoms with Crippen LogP contribution in [-0.4, -0.2) is 25.9 Å². The number of ketones is 1. The normalized spacial score (nSPS) is 10.8. The molecule has 0 spiro atoms. The van der Waals surface area contributed by atoms with E-state index in [4.69, 9.17) is 37.1 Å². The number of ether oxygens (including phenoxy) is 2. The van der Waals surface area contributed by atoms with Gasteiger partial charge in [0.1, 0.15) is 11.3 Å². The fraction of sp³-hybridized carbons (Fsp3) is 0.0833. The van der Waals surface area contributed by atoms with Crippen molar-refractivity contribution in [2.24, 2.45) is 0 Å². The van der Waals surface area contributed by atoms with E-state index in [1.165, 1.54) is 26.4 Å². The molecule has 0 aliphatic carbocycles. The topological polar surface area (TPSA) is 77.8 Å². The molecule has 0 saturated heterocycles. The first-order valence-corrected chi connectivity index (χ1v) is 11.1. The molecule has 9 heteroatoms. The Morgan fingerprint density at radius 3 is 2.27 bits per heavy atom. The minimum absolute atomic E-state index is 0.00711. The number of anilines is 1. The highest BCUT2D eigenvalue weighted by atomic mass is 79.9. The van der Waals surface area contributed by atoms with Gasteiger partial charge in [-0.05, 0) is 58.4 Å². The van der Waals surface area contributed by atoms with Crippen LogP contribution in [0, 0.1) is 0 Å². The summed E-state index contributed by atoms with van der Waals surface area (Å²) >= 11 is 15.7. The zero-order chi connectivity index (χ0) is 23.7. The average Bonchev–Trinajstić information content (AvgIpc) is 3.16. The van der Waals surface area contributed by atoms with E-state index in [9.17, 15) is 9.59 Å². The second kappa shape index (κ2) is 9.47. The van der Waals surface area contributed by atoms with Gasteiger partial charge in [0, 0.05) is 16.5 Å². The molecule has 168 valence electrons. The molecule has 1 aromatic heterocycles. The Labute approximate surface area is 207 Å². The summed E-state index contributed by atoms with van der Waals surface area (Å²) in [5.41, 5.74) is 1.25. The van der Waals surface area contributed by atoms with Gasteiger partial charge >= 0.3 is 0 Å². The van der Waals surface area contributed by atoms with Gasteiger partial charge in [-0.15, -0.1) is 0 Å². The van der Waals surface area contributed by atoms with Crippen molar-refractivity contribution in [3.63, 3.8) is 0 Å². The number of hydrogen-bond donors (Lipinski definition) is 1. The number of amides is 1. The van der Waals surface area contributed by atoms with Crippen molar-refractivity contribution in [2.75, 3.05) is 19.5 Å². The minimum atomic E-state index is -0.516. The van der Waals surface area contributed by atoms with Crippen LogP contribution in [0.2, 0.25) is 10.0 Å². The lowest BCUT2D eigenvalue weighted by Crippen LogP contribution is -2.14. The van der Waals surface area contributed by atoms with Crippen LogP contribution >= 0.6 is 39.1 Å². The molecular weight excluding hydrogens is 533 g/mol. The Balaban J connectivity index is 1.77. The number of para-hydroxylation sites is 1. The second-order valence-electron chi connectivity index (χ2n) is 6.91. The lowest BCUT2D eigenvalue weighted by molar-refractivity contribution is 0.101. The maximum atomic E-state index is 13.3. The van der Waals surface area contributed by atoms with E-state index in [1.807, 2.05) is 0 Å². The third-order valence-electron chi connectivity index (χ3n) is 4.92. The lowest BCUT2D eigenvalue weighted by atomic mass is 10.1. The van der Waals surface area contributed by atoms with Crippen LogP contribution in [0.4, 0.5) is 5.69 Å². The average molecular weight is 549 g/mol. The number of rotatable bonds is 6. The lowest BCUT2D eigenvalue weighted by Gasteiger charge is -2.10. The van der Waals surface area contributed by atoms with Crippen molar-refractivity contribution in [1.29, 1.82) is 0 Å². The maximum Gasteiger partial charge on any atom is 0.255 e. The quantitative estimate of drug-likeness (QED) is 0.262. The number of carbonyl (C=O) groups is 2. The zero-order valence-corrected chi connectivity index (χ0v) is 20.5. The first kappa shape index (κ1) is 23.2. The molecule has 6 nitrogen and oxygen atoms in total. The van der Waals surface area contributed by atoms with E-state index in [0.717, 1.165) is 0 Å². The molecule has 4 rings (SSSR count). The summed E-state index contributed by atoms with van der Waals surface area (Å²) in [6, 6.07) is 14.8. The van der Waals surface area contributed by atoms with Gasteiger partial charge in [0.05, 0.1) is 34.4 Å². The van der Waals surface area contributed by atoms with Crippen LogP contribution in [0.15, 0.2) is 63.5 Å². The number of carbonyl (C=O) groups excluding carboxylic acids is 2. The van der Waals surface area contributed by atoms with E-state index in [0.29, 0.717) is 26.8 Å². The van der Waals surface area contributed by atoms with Gasteiger partial charge in [0.25, 0.3) is 5.91 Å². The van der Waals surface area contributed by atoms with Crippen LogP contribution in [0.5, 0.6) is 11.5 Å². The molecule has 0 saturated carbocycles. The maximum absolute atomic E-state index is 13.3. The summed E-state index contributed by atoms with van der Waals surface area (Å²) in [7, 11) is 2.96. The van der Waals surface area contributed by atoms with Gasteiger partial charge < -0.3 is 19.2 Å². The van der Waals surface area contributed by atoms with Crippen molar-refractivity contribution in [1.82, 2.24) is 0 Å². The highest BCUT2D eigenvalue weighted by molar-refractivity contribution is 9.10. The van der Waals surface area contributed by atoms with Gasteiger partial charge in [-0.2, -0.15) is 0 Å². The molecule has 1 N–H and O–H groups in total. The van der Waals surface area contributed by atoms with Crippen molar-refractivity contribution in [3.8, 4) is 11.5 Å². The fourth-order valence-corrected chi connectivity index (χ4v) is 4.52. The molecule has 3 aromatic carbocycles. The van der Waals surface area contributed by atoms with Crippen molar-refractivity contribution in [3.05, 3.63) is 86.0 Å². The number of halogens is 3. The van der Waals surface area contributed by atoms with Gasteiger partial charge in [-0.25, -0.2) is 0 Å². The predicted molar refractivity (Wildman–Crippen MR) is 131 cm³/mol. The fourth-order valence-electron chi connectivity index (χ4n) is 3.34. The number of benzene rings is 3. The van der Waals surface area contributed by atoms with Gasteiger partial charge in [0.2, 0.25) is 5.78 Å².